The van der Waals surface area contributed by atoms with Gasteiger partial charge in [0.05, 0.1) is 11.1 Å². The predicted molar refractivity (Wildman–Crippen MR) is 115 cm³/mol. The normalized spacial score (nSPS) is 19.0. The molecule has 4 rings (SSSR count). The smallest absolute Gasteiger partial charge is 0.382 e. The Morgan fingerprint density at radius 2 is 1.69 bits per heavy atom. The monoisotopic (exact) mass is 445 g/mol. The van der Waals surface area contributed by atoms with Crippen LogP contribution >= 0.6 is 0 Å². The van der Waals surface area contributed by atoms with Crippen LogP contribution in [-0.2, 0) is 6.18 Å². The van der Waals surface area contributed by atoms with Crippen LogP contribution in [0.15, 0.2) is 48.5 Å². The van der Waals surface area contributed by atoms with Crippen molar-refractivity contribution in [1.29, 1.82) is 0 Å². The molecule has 0 radical (unpaired) electrons. The number of para-hydroxylation sites is 1. The number of aryl methyl sites for hydroxylation is 1. The lowest BCUT2D eigenvalue weighted by Crippen LogP contribution is -2.40. The molecule has 0 bridgehead atoms. The summed E-state index contributed by atoms with van der Waals surface area (Å²) < 4.78 is 53.9. The van der Waals surface area contributed by atoms with Crippen LogP contribution < -0.4 is 10.6 Å². The van der Waals surface area contributed by atoms with Gasteiger partial charge in [-0.1, -0.05) is 30.3 Å². The summed E-state index contributed by atoms with van der Waals surface area (Å²) in [6.45, 7) is 1.69. The van der Waals surface area contributed by atoms with E-state index in [0.29, 0.717) is 42.3 Å². The number of fused-ring (bicyclic) bond motifs is 1. The number of hydrogen-bond acceptors (Lipinski definition) is 3. The highest BCUT2D eigenvalue weighted by Gasteiger charge is 2.34. The van der Waals surface area contributed by atoms with Crippen LogP contribution in [0.1, 0.15) is 47.3 Å². The zero-order valence-electron chi connectivity index (χ0n) is 17.5. The third-order valence-electron chi connectivity index (χ3n) is 5.88. The zero-order valence-corrected chi connectivity index (χ0v) is 17.5. The first kappa shape index (κ1) is 22.0. The number of amides is 1. The lowest BCUT2D eigenvalue weighted by atomic mass is 9.90. The number of nitrogens with zero attached hydrogens (tertiary/aromatic N) is 1. The molecule has 1 saturated carbocycles. The maximum absolute atomic E-state index is 14.0. The highest BCUT2D eigenvalue weighted by Crippen LogP contribution is 2.34. The van der Waals surface area contributed by atoms with E-state index < -0.39 is 23.6 Å². The van der Waals surface area contributed by atoms with Crippen LogP contribution in [0, 0.1) is 12.7 Å². The second kappa shape index (κ2) is 8.76. The molecule has 2 aromatic carbocycles. The van der Waals surface area contributed by atoms with Crippen LogP contribution in [0.3, 0.4) is 0 Å². The van der Waals surface area contributed by atoms with Gasteiger partial charge in [-0.2, -0.15) is 13.2 Å². The van der Waals surface area contributed by atoms with Crippen molar-refractivity contribution in [2.24, 2.45) is 0 Å². The van der Waals surface area contributed by atoms with E-state index in [4.69, 9.17) is 0 Å². The van der Waals surface area contributed by atoms with Crippen molar-refractivity contribution in [3.05, 3.63) is 71.2 Å². The van der Waals surface area contributed by atoms with E-state index in [9.17, 15) is 22.4 Å². The highest BCUT2D eigenvalue weighted by atomic mass is 19.4. The number of carbonyl (C=O) groups excluding carboxylic acids is 1. The van der Waals surface area contributed by atoms with Gasteiger partial charge in [0.25, 0.3) is 5.91 Å². The topological polar surface area (TPSA) is 54.0 Å². The molecule has 1 fully saturated rings. The molecule has 4 nitrogen and oxygen atoms in total. The van der Waals surface area contributed by atoms with Crippen molar-refractivity contribution in [2.45, 2.75) is 50.9 Å². The van der Waals surface area contributed by atoms with Crippen molar-refractivity contribution in [3.63, 3.8) is 0 Å². The summed E-state index contributed by atoms with van der Waals surface area (Å²) in [4.78, 5) is 16.3. The van der Waals surface area contributed by atoms with Gasteiger partial charge in [-0.25, -0.2) is 9.37 Å². The van der Waals surface area contributed by atoms with Gasteiger partial charge in [-0.15, -0.1) is 0 Å². The van der Waals surface area contributed by atoms with Gasteiger partial charge < -0.3 is 10.6 Å². The molecule has 168 valence electrons. The molecule has 2 N–H and O–H groups in total. The Hall–Kier alpha value is -3.16. The van der Waals surface area contributed by atoms with Crippen LogP contribution in [0.25, 0.3) is 10.9 Å². The van der Waals surface area contributed by atoms with Crippen molar-refractivity contribution >= 4 is 22.5 Å². The third kappa shape index (κ3) is 4.69. The van der Waals surface area contributed by atoms with Gasteiger partial charge in [0.1, 0.15) is 11.5 Å². The molecule has 1 aliphatic rings. The average molecular weight is 445 g/mol. The van der Waals surface area contributed by atoms with Gasteiger partial charge in [0, 0.05) is 23.2 Å². The lowest BCUT2D eigenvalue weighted by Gasteiger charge is -2.31. The largest absolute Gasteiger partial charge is 0.433 e. The minimum Gasteiger partial charge on any atom is -0.382 e. The Morgan fingerprint density at radius 1 is 1.00 bits per heavy atom. The Morgan fingerprint density at radius 3 is 2.38 bits per heavy atom. The second-order valence-corrected chi connectivity index (χ2v) is 8.17. The first-order chi connectivity index (χ1) is 15.2. The summed E-state index contributed by atoms with van der Waals surface area (Å²) in [5, 5.41) is 6.77. The zero-order chi connectivity index (χ0) is 22.9. The van der Waals surface area contributed by atoms with Crippen LogP contribution in [0.4, 0.5) is 23.2 Å². The van der Waals surface area contributed by atoms with Crippen molar-refractivity contribution in [2.75, 3.05) is 5.32 Å². The van der Waals surface area contributed by atoms with E-state index >= 15 is 0 Å². The fraction of sp³-hybridized carbons (Fsp3) is 0.333. The fourth-order valence-electron chi connectivity index (χ4n) is 4.22. The van der Waals surface area contributed by atoms with Gasteiger partial charge >= 0.3 is 6.18 Å². The molecule has 0 atom stereocenters. The van der Waals surface area contributed by atoms with E-state index in [1.54, 1.807) is 43.3 Å². The van der Waals surface area contributed by atoms with Crippen molar-refractivity contribution < 1.29 is 22.4 Å². The number of carbonyl (C=O) groups is 1. The molecular formula is C24H23F4N3O. The molecule has 0 aliphatic heterocycles. The predicted octanol–water partition coefficient (Wildman–Crippen LogP) is 5.85. The number of hydrogen-bond donors (Lipinski definition) is 2. The number of benzene rings is 2. The quantitative estimate of drug-likeness (QED) is 0.495. The number of alkyl halides is 3. The number of rotatable bonds is 4. The van der Waals surface area contributed by atoms with E-state index in [1.165, 1.54) is 6.07 Å². The lowest BCUT2D eigenvalue weighted by molar-refractivity contribution is -0.140. The number of anilines is 1. The molecule has 0 unspecified atom stereocenters. The van der Waals surface area contributed by atoms with Crippen LogP contribution in [0.2, 0.25) is 0 Å². The van der Waals surface area contributed by atoms with Gasteiger partial charge in [-0.05, 0) is 56.4 Å². The number of halogens is 4. The standard InChI is InChI=1S/C24H23F4N3O/c1-14-5-4-7-18(25)22(14)23(32)30-16-11-9-15(10-12-16)29-20-13-21(24(26,27)28)31-19-8-3-2-6-17(19)20/h2-8,13,15-16H,9-12H2,1H3,(H,29,31)(H,30,32). The first-order valence-corrected chi connectivity index (χ1v) is 10.5. The fourth-order valence-corrected chi connectivity index (χ4v) is 4.22. The molecule has 32 heavy (non-hydrogen) atoms. The molecule has 3 aromatic rings. The summed E-state index contributed by atoms with van der Waals surface area (Å²) >= 11 is 0. The summed E-state index contributed by atoms with van der Waals surface area (Å²) in [5.41, 5.74) is 0.377. The first-order valence-electron chi connectivity index (χ1n) is 10.5. The molecule has 0 spiro atoms. The Bertz CT molecular complexity index is 1120. The molecule has 0 saturated heterocycles. The maximum atomic E-state index is 14.0. The molecule has 1 aliphatic carbocycles. The molecule has 8 heteroatoms. The number of pyridine rings is 1. The minimum atomic E-state index is -4.53. The van der Waals surface area contributed by atoms with E-state index in [1.807, 2.05) is 0 Å². The maximum Gasteiger partial charge on any atom is 0.433 e. The van der Waals surface area contributed by atoms with Crippen molar-refractivity contribution in [1.82, 2.24) is 10.3 Å². The van der Waals surface area contributed by atoms with E-state index in [0.717, 1.165) is 6.07 Å². The van der Waals surface area contributed by atoms with Gasteiger partial charge in [0.2, 0.25) is 0 Å². The molecular weight excluding hydrogens is 422 g/mol. The third-order valence-corrected chi connectivity index (χ3v) is 5.88. The van der Waals surface area contributed by atoms with Crippen LogP contribution in [-0.4, -0.2) is 23.0 Å². The van der Waals surface area contributed by atoms with Crippen LogP contribution in [0.5, 0.6) is 0 Å². The molecule has 1 amide bonds. The van der Waals surface area contributed by atoms with E-state index in [-0.39, 0.29) is 23.2 Å². The summed E-state index contributed by atoms with van der Waals surface area (Å²) in [6.07, 6.45) is -1.91. The molecule has 1 heterocycles. The highest BCUT2D eigenvalue weighted by molar-refractivity contribution is 5.96. The Balaban J connectivity index is 1.43. The van der Waals surface area contributed by atoms with E-state index in [2.05, 4.69) is 15.6 Å². The average Bonchev–Trinajstić information content (AvgIpc) is 2.74. The SMILES string of the molecule is Cc1cccc(F)c1C(=O)NC1CCC(Nc2cc(C(F)(F)F)nc3ccccc23)CC1. The second-order valence-electron chi connectivity index (χ2n) is 8.17. The summed E-state index contributed by atoms with van der Waals surface area (Å²) in [7, 11) is 0. The molecule has 1 aromatic heterocycles. The van der Waals surface area contributed by atoms with Crippen molar-refractivity contribution in [3.8, 4) is 0 Å². The van der Waals surface area contributed by atoms with Gasteiger partial charge in [-0.3, -0.25) is 4.79 Å². The number of aromatic nitrogens is 1. The minimum absolute atomic E-state index is 0.0368. The van der Waals surface area contributed by atoms with Gasteiger partial charge in [0.15, 0.2) is 0 Å². The Labute approximate surface area is 183 Å². The summed E-state index contributed by atoms with van der Waals surface area (Å²) in [5.74, 6) is -0.991. The summed E-state index contributed by atoms with van der Waals surface area (Å²) in [6, 6.07) is 12.1. The number of nitrogens with one attached hydrogen (secondary N) is 2. The Kier molecular flexibility index (Phi) is 6.04.